The van der Waals surface area contributed by atoms with Gasteiger partial charge in [-0.2, -0.15) is 0 Å². The molecule has 3 aromatic carbocycles. The van der Waals surface area contributed by atoms with Crippen molar-refractivity contribution in [1.29, 1.82) is 0 Å². The summed E-state index contributed by atoms with van der Waals surface area (Å²) in [5.74, 6) is 0. The lowest BCUT2D eigenvalue weighted by molar-refractivity contribution is 0.398. The van der Waals surface area contributed by atoms with E-state index in [9.17, 15) is 10.0 Å². The molecular weight excluding hydrogens is 413 g/mol. The summed E-state index contributed by atoms with van der Waals surface area (Å²) in [4.78, 5) is 0. The van der Waals surface area contributed by atoms with E-state index in [2.05, 4.69) is 0 Å². The maximum absolute atomic E-state index is 9.37. The molecule has 28 heavy (non-hydrogen) atoms. The van der Waals surface area contributed by atoms with Gasteiger partial charge in [-0.25, -0.2) is 0 Å². The van der Waals surface area contributed by atoms with Crippen LogP contribution in [0.3, 0.4) is 0 Å². The number of halogens is 3. The van der Waals surface area contributed by atoms with Crippen molar-refractivity contribution in [1.82, 2.24) is 0 Å². The third-order valence-electron chi connectivity index (χ3n) is 5.03. The zero-order chi connectivity index (χ0) is 20.1. The monoisotopic (exact) mass is 432 g/mol. The Morgan fingerprint density at radius 2 is 0.929 bits per heavy atom. The molecule has 0 unspecified atom stereocenters. The number of benzene rings is 3. The molecule has 3 aromatic rings. The standard InChI is InChI=1S/C22H20BCl3O2/c24-19-8-2-16(3-9-19)22(14-1-15-23(27)28,17-4-10-20(25)11-5-17)18-6-12-21(26)13-7-18/h2-13,27-28H,1,14-15H2. The Labute approximate surface area is 180 Å². The fourth-order valence-electron chi connectivity index (χ4n) is 3.69. The maximum Gasteiger partial charge on any atom is 0.451 e. The molecule has 0 heterocycles. The van der Waals surface area contributed by atoms with Crippen LogP contribution in [-0.2, 0) is 5.41 Å². The zero-order valence-corrected chi connectivity index (χ0v) is 17.4. The van der Waals surface area contributed by atoms with Crippen molar-refractivity contribution in [2.45, 2.75) is 24.6 Å². The normalized spacial score (nSPS) is 11.5. The highest BCUT2D eigenvalue weighted by atomic mass is 35.5. The van der Waals surface area contributed by atoms with Crippen molar-refractivity contribution in [3.05, 3.63) is 105 Å². The highest BCUT2D eigenvalue weighted by Gasteiger charge is 2.36. The predicted octanol–water partition coefficient (Wildman–Crippen LogP) is 6.23. The molecule has 0 aliphatic rings. The highest BCUT2D eigenvalue weighted by Crippen LogP contribution is 2.44. The van der Waals surface area contributed by atoms with Crippen LogP contribution >= 0.6 is 34.8 Å². The zero-order valence-electron chi connectivity index (χ0n) is 15.2. The van der Waals surface area contributed by atoms with Gasteiger partial charge in [0, 0.05) is 20.5 Å². The van der Waals surface area contributed by atoms with Crippen LogP contribution in [0.4, 0.5) is 0 Å². The molecule has 144 valence electrons. The number of hydrogen-bond acceptors (Lipinski definition) is 2. The van der Waals surface area contributed by atoms with Crippen LogP contribution in [0.1, 0.15) is 29.5 Å². The van der Waals surface area contributed by atoms with E-state index in [0.29, 0.717) is 27.9 Å². The fraction of sp³-hybridized carbons (Fsp3) is 0.182. The summed E-state index contributed by atoms with van der Waals surface area (Å²) in [6.07, 6.45) is 1.58. The van der Waals surface area contributed by atoms with Crippen LogP contribution in [0.15, 0.2) is 72.8 Å². The van der Waals surface area contributed by atoms with Gasteiger partial charge in [-0.1, -0.05) is 77.6 Å². The topological polar surface area (TPSA) is 40.5 Å². The number of rotatable bonds is 7. The van der Waals surface area contributed by atoms with Crippen molar-refractivity contribution >= 4 is 41.9 Å². The van der Waals surface area contributed by atoms with Gasteiger partial charge in [0.15, 0.2) is 0 Å². The quantitative estimate of drug-likeness (QED) is 0.342. The van der Waals surface area contributed by atoms with Gasteiger partial charge < -0.3 is 10.0 Å². The molecule has 6 heteroatoms. The first-order valence-electron chi connectivity index (χ1n) is 9.06. The van der Waals surface area contributed by atoms with Crippen LogP contribution in [0.5, 0.6) is 0 Å². The smallest absolute Gasteiger partial charge is 0.427 e. The van der Waals surface area contributed by atoms with E-state index in [4.69, 9.17) is 34.8 Å². The molecule has 2 nitrogen and oxygen atoms in total. The molecule has 0 radical (unpaired) electrons. The number of hydrogen-bond donors (Lipinski definition) is 2. The first-order chi connectivity index (χ1) is 13.4. The predicted molar refractivity (Wildman–Crippen MR) is 118 cm³/mol. The summed E-state index contributed by atoms with van der Waals surface area (Å²) >= 11 is 18.4. The third-order valence-corrected chi connectivity index (χ3v) is 5.78. The lowest BCUT2D eigenvalue weighted by atomic mass is 9.65. The van der Waals surface area contributed by atoms with Crippen molar-refractivity contribution in [2.24, 2.45) is 0 Å². The molecule has 0 spiro atoms. The van der Waals surface area contributed by atoms with Crippen LogP contribution in [-0.4, -0.2) is 17.2 Å². The van der Waals surface area contributed by atoms with Crippen molar-refractivity contribution in [3.8, 4) is 0 Å². The summed E-state index contributed by atoms with van der Waals surface area (Å²) in [5, 5.41) is 20.7. The van der Waals surface area contributed by atoms with Gasteiger partial charge in [-0.15, -0.1) is 0 Å². The molecule has 0 bridgehead atoms. The van der Waals surface area contributed by atoms with E-state index in [1.807, 2.05) is 72.8 Å². The molecule has 3 rings (SSSR count). The first-order valence-corrected chi connectivity index (χ1v) is 10.2. The van der Waals surface area contributed by atoms with Crippen LogP contribution in [0.25, 0.3) is 0 Å². The molecular formula is C22H20BCl3O2. The van der Waals surface area contributed by atoms with Gasteiger partial charge in [-0.05, 0) is 65.8 Å². The van der Waals surface area contributed by atoms with Crippen molar-refractivity contribution in [3.63, 3.8) is 0 Å². The molecule has 0 aromatic heterocycles. The third kappa shape index (κ3) is 4.73. The highest BCUT2D eigenvalue weighted by molar-refractivity contribution is 6.40. The van der Waals surface area contributed by atoms with Gasteiger partial charge in [0.25, 0.3) is 0 Å². The summed E-state index contributed by atoms with van der Waals surface area (Å²) in [5.41, 5.74) is 2.69. The molecule has 0 amide bonds. The fourth-order valence-corrected chi connectivity index (χ4v) is 4.06. The van der Waals surface area contributed by atoms with Crippen LogP contribution in [0, 0.1) is 0 Å². The summed E-state index contributed by atoms with van der Waals surface area (Å²) in [6, 6.07) is 23.3. The SMILES string of the molecule is OB(O)CCCC(c1ccc(Cl)cc1)(c1ccc(Cl)cc1)c1ccc(Cl)cc1. The minimum absolute atomic E-state index is 0.288. The van der Waals surface area contributed by atoms with E-state index in [0.717, 1.165) is 16.7 Å². The summed E-state index contributed by atoms with van der Waals surface area (Å²) in [7, 11) is -1.33. The second-order valence-corrected chi connectivity index (χ2v) is 8.11. The maximum atomic E-state index is 9.37. The Kier molecular flexibility index (Phi) is 7.08. The Morgan fingerprint density at radius 1 is 0.607 bits per heavy atom. The Hall–Kier alpha value is -1.49. The average molecular weight is 434 g/mol. The lowest BCUT2D eigenvalue weighted by Crippen LogP contribution is -2.30. The summed E-state index contributed by atoms with van der Waals surface area (Å²) < 4.78 is 0. The van der Waals surface area contributed by atoms with Gasteiger partial charge in [0.1, 0.15) is 0 Å². The molecule has 0 saturated heterocycles. The van der Waals surface area contributed by atoms with Crippen LogP contribution in [0.2, 0.25) is 21.4 Å². The van der Waals surface area contributed by atoms with E-state index in [-0.39, 0.29) is 6.32 Å². The molecule has 2 N–H and O–H groups in total. The Bertz CT molecular complexity index is 784. The second-order valence-electron chi connectivity index (χ2n) is 6.80. The minimum Gasteiger partial charge on any atom is -0.427 e. The van der Waals surface area contributed by atoms with Gasteiger partial charge >= 0.3 is 7.12 Å². The van der Waals surface area contributed by atoms with Gasteiger partial charge in [0.05, 0.1) is 0 Å². The Balaban J connectivity index is 2.21. The molecule has 0 atom stereocenters. The van der Waals surface area contributed by atoms with Crippen molar-refractivity contribution < 1.29 is 10.0 Å². The molecule has 0 saturated carbocycles. The van der Waals surface area contributed by atoms with Crippen molar-refractivity contribution in [2.75, 3.05) is 0 Å². The second kappa shape index (κ2) is 9.34. The summed E-state index contributed by atoms with van der Waals surface area (Å²) in [6.45, 7) is 0. The van der Waals surface area contributed by atoms with Gasteiger partial charge in [-0.3, -0.25) is 0 Å². The first kappa shape index (κ1) is 21.2. The van der Waals surface area contributed by atoms with E-state index >= 15 is 0 Å². The molecule has 0 aliphatic heterocycles. The molecule has 0 aliphatic carbocycles. The van der Waals surface area contributed by atoms with Crippen LogP contribution < -0.4 is 0 Å². The van der Waals surface area contributed by atoms with Gasteiger partial charge in [0.2, 0.25) is 0 Å². The van der Waals surface area contributed by atoms with E-state index in [1.54, 1.807) is 0 Å². The van der Waals surface area contributed by atoms with E-state index in [1.165, 1.54) is 0 Å². The average Bonchev–Trinajstić information content (AvgIpc) is 2.68. The minimum atomic E-state index is -1.33. The molecule has 0 fully saturated rings. The largest absolute Gasteiger partial charge is 0.451 e. The lowest BCUT2D eigenvalue weighted by Gasteiger charge is -2.36. The Morgan fingerprint density at radius 3 is 1.21 bits per heavy atom. The van der Waals surface area contributed by atoms with E-state index < -0.39 is 12.5 Å².